The lowest BCUT2D eigenvalue weighted by molar-refractivity contribution is -0.129. The molecule has 0 heterocycles. The van der Waals surface area contributed by atoms with Gasteiger partial charge in [-0.05, 0) is 30.7 Å². The lowest BCUT2D eigenvalue weighted by atomic mass is 10.2. The van der Waals surface area contributed by atoms with Gasteiger partial charge in [0.05, 0.1) is 5.56 Å². The first-order valence-corrected chi connectivity index (χ1v) is 7.43. The molecular weight excluding hydrogens is 340 g/mol. The van der Waals surface area contributed by atoms with E-state index in [2.05, 4.69) is 5.32 Å². The standard InChI is InChI=1S/C17H14ClF2NO3/c1-10(16(22)21-9-11-4-2-3-5-14(11)18)24-17(23)13-7-6-12(19)8-15(13)20/h2-8,10H,9H2,1H3,(H,21,22). The van der Waals surface area contributed by atoms with Crippen molar-refractivity contribution >= 4 is 23.5 Å². The van der Waals surface area contributed by atoms with Gasteiger partial charge in [-0.2, -0.15) is 0 Å². The van der Waals surface area contributed by atoms with Gasteiger partial charge in [-0.1, -0.05) is 29.8 Å². The van der Waals surface area contributed by atoms with Crippen LogP contribution in [0.5, 0.6) is 0 Å². The number of ether oxygens (including phenoxy) is 1. The number of nitrogens with one attached hydrogen (secondary N) is 1. The lowest BCUT2D eigenvalue weighted by Gasteiger charge is -2.14. The molecule has 2 aromatic carbocycles. The topological polar surface area (TPSA) is 55.4 Å². The summed E-state index contributed by atoms with van der Waals surface area (Å²) in [5.74, 6) is -3.48. The largest absolute Gasteiger partial charge is 0.449 e. The molecule has 1 N–H and O–H groups in total. The molecule has 4 nitrogen and oxygen atoms in total. The number of hydrogen-bond donors (Lipinski definition) is 1. The van der Waals surface area contributed by atoms with Crippen molar-refractivity contribution in [2.75, 3.05) is 0 Å². The van der Waals surface area contributed by atoms with Crippen LogP contribution >= 0.6 is 11.6 Å². The molecule has 0 aliphatic rings. The summed E-state index contributed by atoms with van der Waals surface area (Å²) in [6.07, 6.45) is -1.15. The van der Waals surface area contributed by atoms with Crippen molar-refractivity contribution in [3.05, 3.63) is 70.2 Å². The number of carbonyl (C=O) groups excluding carboxylic acids is 2. The Labute approximate surface area is 142 Å². The van der Waals surface area contributed by atoms with E-state index in [0.29, 0.717) is 16.7 Å². The zero-order valence-electron chi connectivity index (χ0n) is 12.7. The van der Waals surface area contributed by atoms with Gasteiger partial charge < -0.3 is 10.1 Å². The quantitative estimate of drug-likeness (QED) is 0.837. The molecule has 126 valence electrons. The Balaban J connectivity index is 1.93. The molecule has 0 saturated heterocycles. The maximum Gasteiger partial charge on any atom is 0.341 e. The van der Waals surface area contributed by atoms with Gasteiger partial charge in [0.1, 0.15) is 11.6 Å². The van der Waals surface area contributed by atoms with Crippen LogP contribution < -0.4 is 5.32 Å². The molecule has 2 aromatic rings. The third-order valence-corrected chi connectivity index (χ3v) is 3.58. The monoisotopic (exact) mass is 353 g/mol. The van der Waals surface area contributed by atoms with Crippen LogP contribution in [0.2, 0.25) is 5.02 Å². The second-order valence-electron chi connectivity index (χ2n) is 4.98. The molecule has 1 atom stereocenters. The SMILES string of the molecule is CC(OC(=O)c1ccc(F)cc1F)C(=O)NCc1ccccc1Cl. The van der Waals surface area contributed by atoms with Crippen molar-refractivity contribution < 1.29 is 23.1 Å². The van der Waals surface area contributed by atoms with Crippen molar-refractivity contribution in [3.63, 3.8) is 0 Å². The summed E-state index contributed by atoms with van der Waals surface area (Å²) >= 11 is 5.97. The van der Waals surface area contributed by atoms with Crippen LogP contribution in [-0.2, 0) is 16.1 Å². The summed E-state index contributed by atoms with van der Waals surface area (Å²) in [6, 6.07) is 9.42. The first kappa shape index (κ1) is 17.9. The van der Waals surface area contributed by atoms with Gasteiger partial charge in [0.25, 0.3) is 5.91 Å². The van der Waals surface area contributed by atoms with E-state index in [0.717, 1.165) is 12.1 Å². The van der Waals surface area contributed by atoms with Crippen LogP contribution in [-0.4, -0.2) is 18.0 Å². The second-order valence-corrected chi connectivity index (χ2v) is 5.39. The Morgan fingerprint density at radius 3 is 2.58 bits per heavy atom. The van der Waals surface area contributed by atoms with Gasteiger partial charge >= 0.3 is 5.97 Å². The molecule has 0 fully saturated rings. The fraction of sp³-hybridized carbons (Fsp3) is 0.176. The lowest BCUT2D eigenvalue weighted by Crippen LogP contribution is -2.35. The Morgan fingerprint density at radius 2 is 1.92 bits per heavy atom. The zero-order chi connectivity index (χ0) is 17.7. The number of esters is 1. The van der Waals surface area contributed by atoms with Gasteiger partial charge in [0.2, 0.25) is 0 Å². The minimum atomic E-state index is -1.15. The van der Waals surface area contributed by atoms with Crippen molar-refractivity contribution in [1.29, 1.82) is 0 Å². The molecular formula is C17H14ClF2NO3. The molecule has 1 amide bonds. The molecule has 0 bridgehead atoms. The summed E-state index contributed by atoms with van der Waals surface area (Å²) in [5.41, 5.74) is 0.262. The first-order chi connectivity index (χ1) is 11.4. The number of rotatable bonds is 5. The first-order valence-electron chi connectivity index (χ1n) is 7.05. The van der Waals surface area contributed by atoms with E-state index in [9.17, 15) is 18.4 Å². The summed E-state index contributed by atoms with van der Waals surface area (Å²) in [7, 11) is 0. The van der Waals surface area contributed by atoms with Gasteiger partial charge in [-0.3, -0.25) is 4.79 Å². The van der Waals surface area contributed by atoms with Crippen LogP contribution in [0.25, 0.3) is 0 Å². The van der Waals surface area contributed by atoms with E-state index in [4.69, 9.17) is 16.3 Å². The summed E-state index contributed by atoms with van der Waals surface area (Å²) in [4.78, 5) is 23.8. The number of carbonyl (C=O) groups is 2. The Morgan fingerprint density at radius 1 is 1.21 bits per heavy atom. The fourth-order valence-corrected chi connectivity index (χ4v) is 2.10. The maximum atomic E-state index is 13.5. The van der Waals surface area contributed by atoms with Gasteiger partial charge in [-0.15, -0.1) is 0 Å². The highest BCUT2D eigenvalue weighted by Crippen LogP contribution is 2.15. The van der Waals surface area contributed by atoms with Crippen LogP contribution in [0.4, 0.5) is 8.78 Å². The molecule has 2 rings (SSSR count). The average molecular weight is 354 g/mol. The van der Waals surface area contributed by atoms with Crippen LogP contribution in [0.15, 0.2) is 42.5 Å². The Bertz CT molecular complexity index is 767. The van der Waals surface area contributed by atoms with Gasteiger partial charge in [0.15, 0.2) is 6.10 Å². The van der Waals surface area contributed by atoms with E-state index in [1.54, 1.807) is 24.3 Å². The highest BCUT2D eigenvalue weighted by Gasteiger charge is 2.21. The number of halogens is 3. The molecule has 0 aliphatic heterocycles. The maximum absolute atomic E-state index is 13.5. The fourth-order valence-electron chi connectivity index (χ4n) is 1.90. The predicted molar refractivity (Wildman–Crippen MR) is 84.5 cm³/mol. The number of amides is 1. The van der Waals surface area contributed by atoms with Gasteiger partial charge in [0, 0.05) is 17.6 Å². The van der Waals surface area contributed by atoms with Gasteiger partial charge in [-0.25, -0.2) is 13.6 Å². The zero-order valence-corrected chi connectivity index (χ0v) is 13.4. The second kappa shape index (κ2) is 7.88. The normalized spacial score (nSPS) is 11.7. The molecule has 0 aromatic heterocycles. The average Bonchev–Trinajstić information content (AvgIpc) is 2.53. The Hall–Kier alpha value is -2.47. The predicted octanol–water partition coefficient (Wildman–Crippen LogP) is 3.48. The van der Waals surface area contributed by atoms with Crippen LogP contribution in [0, 0.1) is 11.6 Å². The van der Waals surface area contributed by atoms with Crippen LogP contribution in [0.3, 0.4) is 0 Å². The Kier molecular flexibility index (Phi) is 5.87. The molecule has 1 unspecified atom stereocenters. The van der Waals surface area contributed by atoms with Crippen molar-refractivity contribution in [3.8, 4) is 0 Å². The highest BCUT2D eigenvalue weighted by atomic mass is 35.5. The molecule has 0 spiro atoms. The molecule has 0 saturated carbocycles. The minimum Gasteiger partial charge on any atom is -0.449 e. The minimum absolute atomic E-state index is 0.158. The molecule has 7 heteroatoms. The molecule has 0 aliphatic carbocycles. The molecule has 24 heavy (non-hydrogen) atoms. The van der Waals surface area contributed by atoms with E-state index >= 15 is 0 Å². The number of hydrogen-bond acceptors (Lipinski definition) is 3. The van der Waals surface area contributed by atoms with Crippen molar-refractivity contribution in [2.24, 2.45) is 0 Å². The van der Waals surface area contributed by atoms with E-state index in [1.165, 1.54) is 6.92 Å². The summed E-state index contributed by atoms with van der Waals surface area (Å²) in [5, 5.41) is 3.06. The third kappa shape index (κ3) is 4.52. The highest BCUT2D eigenvalue weighted by molar-refractivity contribution is 6.31. The van der Waals surface area contributed by atoms with E-state index in [1.807, 2.05) is 0 Å². The number of benzene rings is 2. The summed E-state index contributed by atoms with van der Waals surface area (Å²) < 4.78 is 31.2. The van der Waals surface area contributed by atoms with E-state index in [-0.39, 0.29) is 6.54 Å². The van der Waals surface area contributed by atoms with Crippen molar-refractivity contribution in [1.82, 2.24) is 5.32 Å². The third-order valence-electron chi connectivity index (χ3n) is 3.21. The smallest absolute Gasteiger partial charge is 0.341 e. The van der Waals surface area contributed by atoms with Crippen molar-refractivity contribution in [2.45, 2.75) is 19.6 Å². The van der Waals surface area contributed by atoms with E-state index < -0.39 is 35.2 Å². The summed E-state index contributed by atoms with van der Waals surface area (Å²) in [6.45, 7) is 1.51. The van der Waals surface area contributed by atoms with Crippen LogP contribution in [0.1, 0.15) is 22.8 Å². The molecule has 0 radical (unpaired) electrons.